The number of likely N-dealkylation sites (tertiary alicyclic amines) is 1. The van der Waals surface area contributed by atoms with Crippen LogP contribution >= 0.6 is 0 Å². The third kappa shape index (κ3) is 3.46. The van der Waals surface area contributed by atoms with Crippen LogP contribution in [0, 0.1) is 5.41 Å². The summed E-state index contributed by atoms with van der Waals surface area (Å²) in [6, 6.07) is 14.7. The number of piperidine rings is 2. The highest BCUT2D eigenvalue weighted by atomic mass is 16.2. The molecule has 10 rings (SSSR count). The number of nitrogens with two attached hydrogens (primary N) is 1. The van der Waals surface area contributed by atoms with Crippen LogP contribution in [-0.2, 0) is 0 Å². The standard InChI is InChI=1S/C34H34N10O/c35-29-27(20-8-9-20)28(38-31-22(18-37-44(29)31)21-10-11-24(36-17-21)19-6-2-1-3-7-19)23-16-26-34(23)13-12-25(34)43(26)32(45)30-39-33(41-40-30)42-14-4-5-15-42/h1-3,6-7,10-11,17-18,20,23,25-26H,4-5,8-9,12-16,35H2,(H,39,40,41). The summed E-state index contributed by atoms with van der Waals surface area (Å²) in [5.74, 6) is 2.40. The van der Waals surface area contributed by atoms with Crippen molar-refractivity contribution in [1.29, 1.82) is 0 Å². The van der Waals surface area contributed by atoms with Crippen LogP contribution in [0.2, 0.25) is 0 Å². The van der Waals surface area contributed by atoms with Crippen molar-refractivity contribution >= 4 is 23.3 Å². The highest BCUT2D eigenvalue weighted by Gasteiger charge is 2.77. The van der Waals surface area contributed by atoms with Crippen molar-refractivity contribution in [2.24, 2.45) is 5.41 Å². The fourth-order valence-corrected chi connectivity index (χ4v) is 8.86. The predicted octanol–water partition coefficient (Wildman–Crippen LogP) is 4.80. The minimum absolute atomic E-state index is 0.0217. The quantitative estimate of drug-likeness (QED) is 0.285. The van der Waals surface area contributed by atoms with Crippen molar-refractivity contribution < 1.29 is 4.79 Å². The number of carbonyl (C=O) groups excluding carboxylic acids is 1. The number of anilines is 2. The molecule has 2 saturated heterocycles. The van der Waals surface area contributed by atoms with Crippen molar-refractivity contribution in [3.8, 4) is 22.4 Å². The topological polar surface area (TPSA) is 134 Å². The highest BCUT2D eigenvalue weighted by molar-refractivity contribution is 5.93. The molecule has 1 aromatic carbocycles. The fraction of sp³-hybridized carbons (Fsp3) is 0.412. The zero-order valence-corrected chi connectivity index (χ0v) is 24.9. The molecule has 0 bridgehead atoms. The molecule has 45 heavy (non-hydrogen) atoms. The molecule has 3 N–H and O–H groups in total. The lowest BCUT2D eigenvalue weighted by atomic mass is 9.37. The minimum atomic E-state index is -0.0217. The van der Waals surface area contributed by atoms with Gasteiger partial charge in [-0.3, -0.25) is 14.9 Å². The van der Waals surface area contributed by atoms with E-state index < -0.39 is 0 Å². The molecule has 11 nitrogen and oxygen atoms in total. The molecule has 4 unspecified atom stereocenters. The Bertz CT molecular complexity index is 1970. The van der Waals surface area contributed by atoms with Gasteiger partial charge in [0.25, 0.3) is 5.91 Å². The van der Waals surface area contributed by atoms with Gasteiger partial charge in [0.05, 0.1) is 17.6 Å². The van der Waals surface area contributed by atoms with Gasteiger partial charge < -0.3 is 15.5 Å². The molecule has 0 radical (unpaired) electrons. The van der Waals surface area contributed by atoms with Crippen molar-refractivity contribution in [2.75, 3.05) is 23.7 Å². The second kappa shape index (κ2) is 9.12. The molecule has 226 valence electrons. The van der Waals surface area contributed by atoms with E-state index in [1.807, 2.05) is 41.2 Å². The molecule has 4 aromatic heterocycles. The van der Waals surface area contributed by atoms with Gasteiger partial charge >= 0.3 is 0 Å². The number of nitrogens with zero attached hydrogens (tertiary/aromatic N) is 8. The summed E-state index contributed by atoms with van der Waals surface area (Å²) < 4.78 is 1.82. The van der Waals surface area contributed by atoms with E-state index in [0.717, 1.165) is 91.8 Å². The van der Waals surface area contributed by atoms with Gasteiger partial charge in [-0.05, 0) is 56.9 Å². The van der Waals surface area contributed by atoms with E-state index in [2.05, 4.69) is 43.2 Å². The molecule has 6 heterocycles. The monoisotopic (exact) mass is 598 g/mol. The number of hydrogen-bond acceptors (Lipinski definition) is 8. The summed E-state index contributed by atoms with van der Waals surface area (Å²) in [7, 11) is 0. The van der Waals surface area contributed by atoms with Crippen LogP contribution in [0.3, 0.4) is 0 Å². The summed E-state index contributed by atoms with van der Waals surface area (Å²) in [6.45, 7) is 1.90. The average Bonchev–Trinajstić information content (AvgIpc) is 3.40. The number of H-pyrrole nitrogens is 1. The number of nitrogens with one attached hydrogen (secondary N) is 1. The van der Waals surface area contributed by atoms with Gasteiger partial charge in [0.1, 0.15) is 5.82 Å². The Hall–Kier alpha value is -4.80. The van der Waals surface area contributed by atoms with Crippen LogP contribution in [0.4, 0.5) is 11.8 Å². The summed E-state index contributed by atoms with van der Waals surface area (Å²) >= 11 is 0. The number of amides is 1. The van der Waals surface area contributed by atoms with Gasteiger partial charge in [-0.1, -0.05) is 36.4 Å². The molecule has 1 amide bonds. The summed E-state index contributed by atoms with van der Waals surface area (Å²) in [5.41, 5.74) is 14.0. The normalized spacial score (nSPS) is 26.6. The van der Waals surface area contributed by atoms with Crippen LogP contribution < -0.4 is 10.6 Å². The first kappa shape index (κ1) is 25.5. The number of hydrogen-bond donors (Lipinski definition) is 2. The van der Waals surface area contributed by atoms with E-state index in [-0.39, 0.29) is 29.3 Å². The lowest BCUT2D eigenvalue weighted by Crippen LogP contribution is -2.85. The first-order valence-electron chi connectivity index (χ1n) is 16.3. The van der Waals surface area contributed by atoms with E-state index in [9.17, 15) is 4.79 Å². The molecule has 1 spiro atoms. The Balaban J connectivity index is 0.975. The number of aromatic nitrogens is 7. The zero-order valence-electron chi connectivity index (χ0n) is 24.9. The van der Waals surface area contributed by atoms with Crippen LogP contribution in [0.15, 0.2) is 54.9 Å². The van der Waals surface area contributed by atoms with E-state index in [0.29, 0.717) is 23.5 Å². The number of benzene rings is 1. The maximum absolute atomic E-state index is 13.7. The molecule has 4 atom stereocenters. The largest absolute Gasteiger partial charge is 0.383 e. The molecule has 3 saturated carbocycles. The van der Waals surface area contributed by atoms with E-state index in [1.54, 1.807) is 0 Å². The number of rotatable bonds is 6. The molecule has 11 heteroatoms. The Kier molecular flexibility index (Phi) is 5.17. The average molecular weight is 599 g/mol. The number of nitrogen functional groups attached to an aromatic ring is 1. The first-order chi connectivity index (χ1) is 22.1. The number of fused-ring (bicyclic) bond motifs is 1. The van der Waals surface area contributed by atoms with E-state index >= 15 is 0 Å². The van der Waals surface area contributed by atoms with Gasteiger partial charge in [-0.15, -0.1) is 5.10 Å². The second-order valence-corrected chi connectivity index (χ2v) is 13.5. The Labute approximate surface area is 259 Å². The van der Waals surface area contributed by atoms with E-state index in [4.69, 9.17) is 20.8 Å². The number of pyridine rings is 1. The Morgan fingerprint density at radius 1 is 0.956 bits per heavy atom. The zero-order chi connectivity index (χ0) is 29.9. The molecule has 2 aliphatic heterocycles. The van der Waals surface area contributed by atoms with Gasteiger partial charge in [-0.25, -0.2) is 4.98 Å². The molecule has 5 aliphatic rings. The van der Waals surface area contributed by atoms with Crippen LogP contribution in [-0.4, -0.2) is 70.7 Å². The first-order valence-corrected chi connectivity index (χ1v) is 16.3. The van der Waals surface area contributed by atoms with Gasteiger partial charge in [0.15, 0.2) is 5.65 Å². The molecular weight excluding hydrogens is 564 g/mol. The summed E-state index contributed by atoms with van der Waals surface area (Å²) in [4.78, 5) is 32.7. The van der Waals surface area contributed by atoms with Crippen LogP contribution in [0.5, 0.6) is 0 Å². The van der Waals surface area contributed by atoms with Crippen molar-refractivity contribution in [2.45, 2.75) is 68.9 Å². The Morgan fingerprint density at radius 2 is 1.80 bits per heavy atom. The smallest absolute Gasteiger partial charge is 0.291 e. The lowest BCUT2D eigenvalue weighted by molar-refractivity contribution is -0.256. The highest BCUT2D eigenvalue weighted by Crippen LogP contribution is 2.74. The SMILES string of the molecule is Nc1c(C2CC2)c(C2CC3N(C(=O)c4nc(N5CCCC5)n[nH]4)C4CCC243)nc2c(-c3ccc(-c4ccccc4)nc3)cnn12. The third-order valence-electron chi connectivity index (χ3n) is 11.4. The molecule has 5 aromatic rings. The number of carbonyl (C=O) groups is 1. The molecule has 3 aliphatic carbocycles. The van der Waals surface area contributed by atoms with Crippen molar-refractivity contribution in [3.63, 3.8) is 0 Å². The second-order valence-electron chi connectivity index (χ2n) is 13.5. The van der Waals surface area contributed by atoms with Gasteiger partial charge in [0, 0.05) is 65.0 Å². The maximum Gasteiger partial charge on any atom is 0.291 e. The van der Waals surface area contributed by atoms with Crippen LogP contribution in [0.25, 0.3) is 28.0 Å². The van der Waals surface area contributed by atoms with Crippen molar-refractivity contribution in [1.82, 2.24) is 39.7 Å². The van der Waals surface area contributed by atoms with E-state index in [1.165, 1.54) is 5.56 Å². The third-order valence-corrected chi connectivity index (χ3v) is 11.4. The number of aromatic amines is 1. The van der Waals surface area contributed by atoms with Gasteiger partial charge in [-0.2, -0.15) is 14.6 Å². The maximum atomic E-state index is 13.7. The van der Waals surface area contributed by atoms with Crippen LogP contribution in [0.1, 0.15) is 78.7 Å². The summed E-state index contributed by atoms with van der Waals surface area (Å²) in [6.07, 6.45) is 11.3. The summed E-state index contributed by atoms with van der Waals surface area (Å²) in [5, 5.41) is 12.0. The molecule has 5 fully saturated rings. The lowest BCUT2D eigenvalue weighted by Gasteiger charge is -2.79. The fourth-order valence-electron chi connectivity index (χ4n) is 8.86. The minimum Gasteiger partial charge on any atom is -0.383 e. The van der Waals surface area contributed by atoms with Crippen molar-refractivity contribution in [3.05, 3.63) is 71.9 Å². The predicted molar refractivity (Wildman–Crippen MR) is 169 cm³/mol. The van der Waals surface area contributed by atoms with Gasteiger partial charge in [0.2, 0.25) is 11.8 Å². The molecular formula is C34H34N10O. The Morgan fingerprint density at radius 3 is 2.51 bits per heavy atom.